The average Bonchev–Trinajstić information content (AvgIpc) is 2.16. The van der Waals surface area contributed by atoms with E-state index in [0.29, 0.717) is 6.04 Å². The summed E-state index contributed by atoms with van der Waals surface area (Å²) >= 11 is 0. The molecule has 1 heteroatoms. The number of para-hydroxylation sites is 1. The molecule has 0 spiro atoms. The minimum absolute atomic E-state index is 0.612. The van der Waals surface area contributed by atoms with Gasteiger partial charge in [-0.1, -0.05) is 25.1 Å². The lowest BCUT2D eigenvalue weighted by molar-refractivity contribution is 0.662. The molecule has 1 aromatic carbocycles. The minimum atomic E-state index is 0.612. The maximum absolute atomic E-state index is 2.34. The summed E-state index contributed by atoms with van der Waals surface area (Å²) in [6.45, 7) is 6.64. The van der Waals surface area contributed by atoms with E-state index in [-0.39, 0.29) is 0 Å². The normalized spacial score (nSPS) is 12.6. The lowest BCUT2D eigenvalue weighted by Crippen LogP contribution is -2.28. The van der Waals surface area contributed by atoms with Gasteiger partial charge in [0.2, 0.25) is 0 Å². The summed E-state index contributed by atoms with van der Waals surface area (Å²) in [5.74, 6) is 0. The highest BCUT2D eigenvalue weighted by Gasteiger charge is 2.08. The van der Waals surface area contributed by atoms with Crippen molar-refractivity contribution in [1.29, 1.82) is 0 Å². The van der Waals surface area contributed by atoms with Crippen molar-refractivity contribution in [2.45, 2.75) is 33.2 Å². The van der Waals surface area contributed by atoms with Gasteiger partial charge in [0, 0.05) is 18.8 Å². The maximum Gasteiger partial charge on any atom is 0.0395 e. The Morgan fingerprint density at radius 3 is 2.46 bits per heavy atom. The fraction of sp³-hybridized carbons (Fsp3) is 0.500. The van der Waals surface area contributed by atoms with Gasteiger partial charge in [-0.05, 0) is 31.9 Å². The van der Waals surface area contributed by atoms with E-state index in [0.717, 1.165) is 0 Å². The summed E-state index contributed by atoms with van der Waals surface area (Å²) < 4.78 is 0. The van der Waals surface area contributed by atoms with Gasteiger partial charge in [0.15, 0.2) is 0 Å². The monoisotopic (exact) mass is 177 g/mol. The van der Waals surface area contributed by atoms with Gasteiger partial charge in [0.25, 0.3) is 0 Å². The Morgan fingerprint density at radius 2 is 1.92 bits per heavy atom. The van der Waals surface area contributed by atoms with Gasteiger partial charge < -0.3 is 4.90 Å². The number of nitrogens with zero attached hydrogens (tertiary/aromatic N) is 1. The van der Waals surface area contributed by atoms with Crippen LogP contribution in [0.5, 0.6) is 0 Å². The van der Waals surface area contributed by atoms with Crippen LogP contribution in [0.3, 0.4) is 0 Å². The van der Waals surface area contributed by atoms with Gasteiger partial charge >= 0.3 is 0 Å². The van der Waals surface area contributed by atoms with E-state index in [2.05, 4.69) is 57.0 Å². The average molecular weight is 177 g/mol. The predicted octanol–water partition coefficient (Wildman–Crippen LogP) is 3.23. The number of hydrogen-bond acceptors (Lipinski definition) is 1. The van der Waals surface area contributed by atoms with E-state index in [9.17, 15) is 0 Å². The smallest absolute Gasteiger partial charge is 0.0395 e. The summed E-state index contributed by atoms with van der Waals surface area (Å²) in [6.07, 6.45) is 1.19. The third-order valence-electron chi connectivity index (χ3n) is 2.75. The Kier molecular flexibility index (Phi) is 3.35. The van der Waals surface area contributed by atoms with Gasteiger partial charge in [0.05, 0.1) is 0 Å². The third kappa shape index (κ3) is 2.24. The van der Waals surface area contributed by atoms with Crippen molar-refractivity contribution >= 4 is 5.69 Å². The summed E-state index contributed by atoms with van der Waals surface area (Å²) in [5, 5.41) is 0. The van der Waals surface area contributed by atoms with Crippen LogP contribution in [0.25, 0.3) is 0 Å². The van der Waals surface area contributed by atoms with Gasteiger partial charge in [-0.15, -0.1) is 0 Å². The first-order valence-corrected chi connectivity index (χ1v) is 4.95. The van der Waals surface area contributed by atoms with Crippen molar-refractivity contribution in [1.82, 2.24) is 0 Å². The molecule has 1 rings (SSSR count). The standard InChI is InChI=1S/C12H19N/c1-5-11(3)13(4)12-9-7-6-8-10(12)2/h6-9,11H,5H2,1-4H3. The fourth-order valence-corrected chi connectivity index (χ4v) is 1.47. The van der Waals surface area contributed by atoms with E-state index in [1.54, 1.807) is 0 Å². The Morgan fingerprint density at radius 1 is 1.31 bits per heavy atom. The molecule has 0 heterocycles. The summed E-state index contributed by atoms with van der Waals surface area (Å²) in [6, 6.07) is 9.14. The molecule has 0 saturated carbocycles. The van der Waals surface area contributed by atoms with E-state index in [4.69, 9.17) is 0 Å². The van der Waals surface area contributed by atoms with Crippen LogP contribution in [0.2, 0.25) is 0 Å². The number of rotatable bonds is 3. The van der Waals surface area contributed by atoms with Crippen molar-refractivity contribution in [3.63, 3.8) is 0 Å². The number of anilines is 1. The zero-order valence-corrected chi connectivity index (χ0v) is 9.04. The highest BCUT2D eigenvalue weighted by molar-refractivity contribution is 5.52. The van der Waals surface area contributed by atoms with E-state index < -0.39 is 0 Å². The van der Waals surface area contributed by atoms with Crippen LogP contribution < -0.4 is 4.90 Å². The van der Waals surface area contributed by atoms with Crippen LogP contribution in [-0.2, 0) is 0 Å². The number of hydrogen-bond donors (Lipinski definition) is 0. The SMILES string of the molecule is CCC(C)N(C)c1ccccc1C. The first kappa shape index (κ1) is 10.1. The highest BCUT2D eigenvalue weighted by Crippen LogP contribution is 2.20. The Labute approximate surface area is 81.4 Å². The Hall–Kier alpha value is -0.980. The topological polar surface area (TPSA) is 3.24 Å². The molecule has 0 aliphatic carbocycles. The molecule has 0 aromatic heterocycles. The molecule has 0 radical (unpaired) electrons. The lowest BCUT2D eigenvalue weighted by atomic mass is 10.1. The van der Waals surface area contributed by atoms with E-state index >= 15 is 0 Å². The van der Waals surface area contributed by atoms with Gasteiger partial charge in [-0.25, -0.2) is 0 Å². The summed E-state index contributed by atoms with van der Waals surface area (Å²) in [4.78, 5) is 2.34. The highest BCUT2D eigenvalue weighted by atomic mass is 15.1. The summed E-state index contributed by atoms with van der Waals surface area (Å²) in [7, 11) is 2.16. The molecule has 1 nitrogen and oxygen atoms in total. The van der Waals surface area contributed by atoms with E-state index in [1.807, 2.05) is 0 Å². The molecule has 1 unspecified atom stereocenters. The quantitative estimate of drug-likeness (QED) is 0.685. The molecule has 1 atom stereocenters. The van der Waals surface area contributed by atoms with Crippen molar-refractivity contribution in [3.05, 3.63) is 29.8 Å². The van der Waals surface area contributed by atoms with Gasteiger partial charge in [-0.3, -0.25) is 0 Å². The molecule has 72 valence electrons. The third-order valence-corrected chi connectivity index (χ3v) is 2.75. The first-order valence-electron chi connectivity index (χ1n) is 4.95. The molecule has 1 aromatic rings. The molecular weight excluding hydrogens is 158 g/mol. The van der Waals surface area contributed by atoms with Crippen LogP contribution in [0.1, 0.15) is 25.8 Å². The number of benzene rings is 1. The Balaban J connectivity index is 2.88. The number of aryl methyl sites for hydroxylation is 1. The van der Waals surface area contributed by atoms with Crippen LogP contribution >= 0.6 is 0 Å². The minimum Gasteiger partial charge on any atom is -0.372 e. The molecule has 0 saturated heterocycles. The van der Waals surface area contributed by atoms with Crippen molar-refractivity contribution in [3.8, 4) is 0 Å². The first-order chi connectivity index (χ1) is 6.16. The van der Waals surface area contributed by atoms with Crippen molar-refractivity contribution in [2.24, 2.45) is 0 Å². The van der Waals surface area contributed by atoms with E-state index in [1.165, 1.54) is 17.7 Å². The van der Waals surface area contributed by atoms with Crippen LogP contribution in [0.4, 0.5) is 5.69 Å². The zero-order chi connectivity index (χ0) is 9.84. The van der Waals surface area contributed by atoms with Crippen molar-refractivity contribution < 1.29 is 0 Å². The largest absolute Gasteiger partial charge is 0.372 e. The maximum atomic E-state index is 2.34. The van der Waals surface area contributed by atoms with Crippen molar-refractivity contribution in [2.75, 3.05) is 11.9 Å². The van der Waals surface area contributed by atoms with Gasteiger partial charge in [0.1, 0.15) is 0 Å². The van der Waals surface area contributed by atoms with Gasteiger partial charge in [-0.2, -0.15) is 0 Å². The molecule has 0 amide bonds. The molecule has 0 N–H and O–H groups in total. The fourth-order valence-electron chi connectivity index (χ4n) is 1.47. The lowest BCUT2D eigenvalue weighted by Gasteiger charge is -2.27. The zero-order valence-electron chi connectivity index (χ0n) is 9.04. The second-order valence-corrected chi connectivity index (χ2v) is 3.65. The second-order valence-electron chi connectivity index (χ2n) is 3.65. The molecular formula is C12H19N. The molecule has 0 bridgehead atoms. The van der Waals surface area contributed by atoms with Crippen LogP contribution in [0.15, 0.2) is 24.3 Å². The van der Waals surface area contributed by atoms with Crippen LogP contribution in [-0.4, -0.2) is 13.1 Å². The van der Waals surface area contributed by atoms with Crippen LogP contribution in [0, 0.1) is 6.92 Å². The molecule has 0 fully saturated rings. The predicted molar refractivity (Wildman–Crippen MR) is 59.3 cm³/mol. The Bertz CT molecular complexity index is 268. The molecule has 0 aliphatic heterocycles. The molecule has 13 heavy (non-hydrogen) atoms. The summed E-state index contributed by atoms with van der Waals surface area (Å²) in [5.41, 5.74) is 2.70. The molecule has 0 aliphatic rings. The second kappa shape index (κ2) is 4.31.